The van der Waals surface area contributed by atoms with Crippen LogP contribution >= 0.6 is 11.3 Å². The summed E-state index contributed by atoms with van der Waals surface area (Å²) in [5, 5.41) is 5.09. The molecule has 4 rings (SSSR count). The maximum absolute atomic E-state index is 13.9. The number of carbonyl (C=O) groups is 1. The molecule has 4 aromatic rings. The SMILES string of the molecule is CCCCN(CC)S(=O)(=O)c1ccc(C(=O)N(CCn2nc(C)cc2C)c2nc3c(OCC)cccc3s2)cc1. The van der Waals surface area contributed by atoms with Gasteiger partial charge in [0.05, 0.1) is 28.4 Å². The van der Waals surface area contributed by atoms with Crippen LogP contribution in [0.1, 0.15) is 55.4 Å². The number of amides is 1. The number of hydrogen-bond acceptors (Lipinski definition) is 7. The van der Waals surface area contributed by atoms with Crippen molar-refractivity contribution in [3.63, 3.8) is 0 Å². The predicted molar refractivity (Wildman–Crippen MR) is 160 cm³/mol. The molecule has 0 spiro atoms. The molecule has 0 unspecified atom stereocenters. The Balaban J connectivity index is 1.67. The van der Waals surface area contributed by atoms with Gasteiger partial charge in [-0.3, -0.25) is 14.4 Å². The van der Waals surface area contributed by atoms with Crippen molar-refractivity contribution in [1.82, 2.24) is 19.1 Å². The van der Waals surface area contributed by atoms with Crippen molar-refractivity contribution < 1.29 is 17.9 Å². The van der Waals surface area contributed by atoms with E-state index in [1.807, 2.05) is 63.6 Å². The van der Waals surface area contributed by atoms with Gasteiger partial charge in [0.25, 0.3) is 5.91 Å². The van der Waals surface area contributed by atoms with Crippen molar-refractivity contribution >= 4 is 42.6 Å². The van der Waals surface area contributed by atoms with E-state index in [0.717, 1.165) is 28.9 Å². The van der Waals surface area contributed by atoms with Gasteiger partial charge in [-0.15, -0.1) is 0 Å². The van der Waals surface area contributed by atoms with Crippen molar-refractivity contribution in [1.29, 1.82) is 0 Å². The Labute approximate surface area is 240 Å². The van der Waals surface area contributed by atoms with Crippen molar-refractivity contribution in [2.75, 3.05) is 31.1 Å². The number of ether oxygens (including phenoxy) is 1. The fourth-order valence-corrected chi connectivity index (χ4v) is 7.03. The molecule has 0 N–H and O–H groups in total. The van der Waals surface area contributed by atoms with Gasteiger partial charge in [0.2, 0.25) is 10.0 Å². The Hall–Kier alpha value is -3.28. The number of aryl methyl sites for hydroxylation is 2. The summed E-state index contributed by atoms with van der Waals surface area (Å²) in [6.45, 7) is 11.9. The molecule has 9 nitrogen and oxygen atoms in total. The van der Waals surface area contributed by atoms with Crippen LogP contribution in [0.2, 0.25) is 0 Å². The normalized spacial score (nSPS) is 11.8. The molecule has 2 aromatic carbocycles. The lowest BCUT2D eigenvalue weighted by Gasteiger charge is -2.22. The first kappa shape index (κ1) is 29.7. The number of unbranched alkanes of at least 4 members (excludes halogenated alkanes) is 1. The quantitative estimate of drug-likeness (QED) is 0.201. The van der Waals surface area contributed by atoms with Crippen molar-refractivity contribution in [2.24, 2.45) is 0 Å². The third-order valence-electron chi connectivity index (χ3n) is 6.64. The van der Waals surface area contributed by atoms with Gasteiger partial charge in [-0.05, 0) is 69.7 Å². The molecular weight excluding hydrogens is 546 g/mol. The number of rotatable bonds is 13. The number of aromatic nitrogens is 3. The first-order chi connectivity index (χ1) is 19.2. The van der Waals surface area contributed by atoms with Crippen LogP contribution in [0.25, 0.3) is 10.2 Å². The average molecular weight is 584 g/mol. The first-order valence-corrected chi connectivity index (χ1v) is 15.9. The standard InChI is InChI=1S/C29H37N5O4S2/c1-6-9-17-32(7-2)40(36,37)24-15-13-23(14-16-24)28(35)33(18-19-34-22(5)20-21(4)31-34)29-30-27-25(38-8-3)11-10-12-26(27)39-29/h10-16,20H,6-9,17-19H2,1-5H3. The summed E-state index contributed by atoms with van der Waals surface area (Å²) >= 11 is 1.42. The number of fused-ring (bicyclic) bond motifs is 1. The van der Waals surface area contributed by atoms with Crippen LogP contribution in [0, 0.1) is 13.8 Å². The van der Waals surface area contributed by atoms with Crippen molar-refractivity contribution in [3.05, 3.63) is 65.5 Å². The largest absolute Gasteiger partial charge is 0.492 e. The molecule has 0 bridgehead atoms. The molecule has 0 atom stereocenters. The molecule has 0 aliphatic heterocycles. The summed E-state index contributed by atoms with van der Waals surface area (Å²) in [6, 6.07) is 13.9. The second-order valence-electron chi connectivity index (χ2n) is 9.51. The lowest BCUT2D eigenvalue weighted by Crippen LogP contribution is -2.34. The summed E-state index contributed by atoms with van der Waals surface area (Å²) < 4.78 is 36.4. The van der Waals surface area contributed by atoms with E-state index in [2.05, 4.69) is 5.10 Å². The Morgan fingerprint density at radius 1 is 1.05 bits per heavy atom. The number of hydrogen-bond donors (Lipinski definition) is 0. The van der Waals surface area contributed by atoms with Gasteiger partial charge in [-0.25, -0.2) is 13.4 Å². The molecule has 0 radical (unpaired) electrons. The summed E-state index contributed by atoms with van der Waals surface area (Å²) in [6.07, 6.45) is 1.70. The summed E-state index contributed by atoms with van der Waals surface area (Å²) in [7, 11) is -3.64. The first-order valence-electron chi connectivity index (χ1n) is 13.6. The molecule has 1 amide bonds. The monoisotopic (exact) mass is 583 g/mol. The van der Waals surface area contributed by atoms with E-state index < -0.39 is 10.0 Å². The number of para-hydroxylation sites is 1. The third kappa shape index (κ3) is 6.37. The van der Waals surface area contributed by atoms with Gasteiger partial charge < -0.3 is 4.74 Å². The molecule has 0 aliphatic carbocycles. The number of carbonyl (C=O) groups excluding carboxylic acids is 1. The number of nitrogens with zero attached hydrogens (tertiary/aromatic N) is 5. The lowest BCUT2D eigenvalue weighted by molar-refractivity contribution is 0.0985. The Morgan fingerprint density at radius 2 is 1.80 bits per heavy atom. The van der Waals surface area contributed by atoms with Crippen LogP contribution in [0.4, 0.5) is 5.13 Å². The van der Waals surface area contributed by atoms with E-state index in [4.69, 9.17) is 9.72 Å². The molecule has 214 valence electrons. The smallest absolute Gasteiger partial charge is 0.260 e. The highest BCUT2D eigenvalue weighted by atomic mass is 32.2. The average Bonchev–Trinajstić information content (AvgIpc) is 3.51. The summed E-state index contributed by atoms with van der Waals surface area (Å²) in [5.41, 5.74) is 3.01. The van der Waals surface area contributed by atoms with Gasteiger partial charge in [0.1, 0.15) is 11.3 Å². The number of benzene rings is 2. The molecule has 0 saturated carbocycles. The minimum absolute atomic E-state index is 0.178. The Bertz CT molecular complexity index is 1560. The highest BCUT2D eigenvalue weighted by molar-refractivity contribution is 7.89. The lowest BCUT2D eigenvalue weighted by atomic mass is 10.2. The molecule has 0 aliphatic rings. The number of sulfonamides is 1. The van der Waals surface area contributed by atoms with Gasteiger partial charge in [0.15, 0.2) is 5.13 Å². The van der Waals surface area contributed by atoms with Gasteiger partial charge >= 0.3 is 0 Å². The Morgan fingerprint density at radius 3 is 2.42 bits per heavy atom. The topological polar surface area (TPSA) is 97.6 Å². The van der Waals surface area contributed by atoms with Gasteiger partial charge in [-0.2, -0.15) is 9.40 Å². The molecule has 2 heterocycles. The zero-order valence-electron chi connectivity index (χ0n) is 23.8. The van der Waals surface area contributed by atoms with Crippen LogP contribution in [0.5, 0.6) is 5.75 Å². The van der Waals surface area contributed by atoms with Crippen LogP contribution in [0.3, 0.4) is 0 Å². The molecule has 0 fully saturated rings. The highest BCUT2D eigenvalue weighted by Crippen LogP contribution is 2.35. The summed E-state index contributed by atoms with van der Waals surface area (Å²) in [4.78, 5) is 20.5. The molecule has 40 heavy (non-hydrogen) atoms. The molecule has 0 saturated heterocycles. The second kappa shape index (κ2) is 12.9. The fourth-order valence-electron chi connectivity index (χ4n) is 4.54. The van der Waals surface area contributed by atoms with Crippen LogP contribution < -0.4 is 9.64 Å². The highest BCUT2D eigenvalue weighted by Gasteiger charge is 2.26. The van der Waals surface area contributed by atoms with E-state index in [1.54, 1.807) is 17.0 Å². The van der Waals surface area contributed by atoms with E-state index in [0.29, 0.717) is 54.7 Å². The van der Waals surface area contributed by atoms with Crippen LogP contribution in [-0.2, 0) is 16.6 Å². The zero-order chi connectivity index (χ0) is 28.9. The molecular formula is C29H37N5O4S2. The van der Waals surface area contributed by atoms with Crippen LogP contribution in [-0.4, -0.2) is 59.6 Å². The molecule has 2 aromatic heterocycles. The fraction of sp³-hybridized carbons (Fsp3) is 0.414. The number of anilines is 1. The van der Waals surface area contributed by atoms with Crippen molar-refractivity contribution in [3.8, 4) is 5.75 Å². The minimum Gasteiger partial charge on any atom is -0.492 e. The van der Waals surface area contributed by atoms with Crippen LogP contribution in [0.15, 0.2) is 53.4 Å². The maximum atomic E-state index is 13.9. The van der Waals surface area contributed by atoms with E-state index in [-0.39, 0.29) is 10.8 Å². The third-order valence-corrected chi connectivity index (χ3v) is 9.67. The second-order valence-corrected chi connectivity index (χ2v) is 12.5. The van der Waals surface area contributed by atoms with E-state index >= 15 is 0 Å². The molecule has 11 heteroatoms. The Kier molecular flexibility index (Phi) is 9.60. The zero-order valence-corrected chi connectivity index (χ0v) is 25.4. The maximum Gasteiger partial charge on any atom is 0.260 e. The number of thiazole rings is 1. The van der Waals surface area contributed by atoms with E-state index in [1.165, 1.54) is 27.8 Å². The summed E-state index contributed by atoms with van der Waals surface area (Å²) in [5.74, 6) is 0.410. The minimum atomic E-state index is -3.64. The van der Waals surface area contributed by atoms with Crippen molar-refractivity contribution in [2.45, 2.75) is 58.9 Å². The van der Waals surface area contributed by atoms with E-state index in [9.17, 15) is 13.2 Å². The van der Waals surface area contributed by atoms with Gasteiger partial charge in [0, 0.05) is 30.9 Å². The van der Waals surface area contributed by atoms with Gasteiger partial charge in [-0.1, -0.05) is 37.7 Å². The predicted octanol–water partition coefficient (Wildman–Crippen LogP) is 5.67.